The van der Waals surface area contributed by atoms with E-state index in [0.29, 0.717) is 25.1 Å². The van der Waals surface area contributed by atoms with Crippen LogP contribution in [0.15, 0.2) is 48.2 Å². The summed E-state index contributed by atoms with van der Waals surface area (Å²) in [5.41, 5.74) is 4.52. The highest BCUT2D eigenvalue weighted by Crippen LogP contribution is 2.36. The predicted octanol–water partition coefficient (Wildman–Crippen LogP) is 3.90. The fraction of sp³-hybridized carbons (Fsp3) is 0.250. The van der Waals surface area contributed by atoms with Gasteiger partial charge in [0.2, 0.25) is 0 Å². The van der Waals surface area contributed by atoms with E-state index in [4.69, 9.17) is 11.1 Å². The number of piperidine rings is 1. The zero-order chi connectivity index (χ0) is 24.9. The number of rotatable bonds is 4. The highest BCUT2D eigenvalue weighted by Gasteiger charge is 2.32. The molecule has 1 amide bonds. The van der Waals surface area contributed by atoms with Crippen LogP contribution in [0.4, 0.5) is 28.9 Å². The van der Waals surface area contributed by atoms with Gasteiger partial charge in [0.1, 0.15) is 5.82 Å². The molecule has 1 fully saturated rings. The average Bonchev–Trinajstić information content (AvgIpc) is 2.80. The Morgan fingerprint density at radius 2 is 2.03 bits per heavy atom. The second-order valence-corrected chi connectivity index (χ2v) is 7.64. The van der Waals surface area contributed by atoms with Crippen LogP contribution in [-0.4, -0.2) is 36.4 Å². The molecule has 6 nitrogen and oxygen atoms in total. The molecule has 1 aliphatic rings. The maximum absolute atomic E-state index is 14.4. The van der Waals surface area contributed by atoms with Gasteiger partial charge in [0, 0.05) is 31.1 Å². The number of alkyl halides is 3. The van der Waals surface area contributed by atoms with Gasteiger partial charge in [-0.05, 0) is 49.2 Å². The molecule has 34 heavy (non-hydrogen) atoms. The monoisotopic (exact) mass is 474 g/mol. The van der Waals surface area contributed by atoms with Gasteiger partial charge in [0.05, 0.1) is 34.2 Å². The van der Waals surface area contributed by atoms with Gasteiger partial charge >= 0.3 is 6.18 Å². The normalized spacial score (nSPS) is 16.4. The van der Waals surface area contributed by atoms with Gasteiger partial charge in [-0.3, -0.25) is 4.79 Å². The molecular weight excluding hydrogens is 452 g/mol. The van der Waals surface area contributed by atoms with E-state index in [9.17, 15) is 27.5 Å². The molecule has 178 valence electrons. The first kappa shape index (κ1) is 24.8. The summed E-state index contributed by atoms with van der Waals surface area (Å²) in [5, 5.41) is 19.5. The Hall–Kier alpha value is -3.84. The number of carbonyl (C=O) groups excluding carboxylic acids is 1. The molecule has 1 atom stereocenters. The minimum Gasteiger partial charge on any atom is -0.404 e. The third kappa shape index (κ3) is 5.94. The maximum Gasteiger partial charge on any atom is 0.416 e. The zero-order valence-corrected chi connectivity index (χ0v) is 17.9. The number of aliphatic hydroxyl groups excluding tert-OH is 1. The van der Waals surface area contributed by atoms with E-state index in [1.54, 1.807) is 4.90 Å². The van der Waals surface area contributed by atoms with Crippen molar-refractivity contribution in [1.82, 2.24) is 0 Å². The minimum atomic E-state index is -4.65. The first-order valence-corrected chi connectivity index (χ1v) is 10.3. The van der Waals surface area contributed by atoms with Crippen LogP contribution in [0.5, 0.6) is 0 Å². The van der Waals surface area contributed by atoms with Crippen molar-refractivity contribution < 1.29 is 27.5 Å². The van der Waals surface area contributed by atoms with Crippen LogP contribution in [0, 0.1) is 23.1 Å². The Morgan fingerprint density at radius 3 is 2.68 bits per heavy atom. The Bertz CT molecular complexity index is 1180. The smallest absolute Gasteiger partial charge is 0.404 e. The fourth-order valence-electron chi connectivity index (χ4n) is 3.50. The van der Waals surface area contributed by atoms with E-state index in [0.717, 1.165) is 36.7 Å². The second-order valence-electron chi connectivity index (χ2n) is 7.64. The Morgan fingerprint density at radius 1 is 1.26 bits per heavy atom. The number of allylic oxidation sites excluding steroid dienone is 1. The summed E-state index contributed by atoms with van der Waals surface area (Å²) in [6, 6.07) is 6.42. The first-order chi connectivity index (χ1) is 16.1. The highest BCUT2D eigenvalue weighted by molar-refractivity contribution is 6.06. The summed E-state index contributed by atoms with van der Waals surface area (Å²) in [5.74, 6) is 3.39. The van der Waals surface area contributed by atoms with E-state index in [-0.39, 0.29) is 23.4 Å². The van der Waals surface area contributed by atoms with E-state index < -0.39 is 35.1 Å². The summed E-state index contributed by atoms with van der Waals surface area (Å²) < 4.78 is 54.4. The van der Waals surface area contributed by atoms with Gasteiger partial charge in [-0.25, -0.2) is 4.39 Å². The van der Waals surface area contributed by atoms with Crippen molar-refractivity contribution in [2.24, 2.45) is 5.73 Å². The lowest BCUT2D eigenvalue weighted by atomic mass is 10.0. The summed E-state index contributed by atoms with van der Waals surface area (Å²) >= 11 is 0. The molecule has 10 heteroatoms. The molecule has 2 aromatic rings. The van der Waals surface area contributed by atoms with Gasteiger partial charge < -0.3 is 26.5 Å². The molecule has 0 saturated carbocycles. The average molecular weight is 474 g/mol. The zero-order valence-electron chi connectivity index (χ0n) is 17.9. The molecule has 0 aliphatic carbocycles. The fourth-order valence-corrected chi connectivity index (χ4v) is 3.50. The molecule has 3 rings (SSSR count). The number of nitrogens with two attached hydrogens (primary N) is 1. The maximum atomic E-state index is 14.4. The van der Waals surface area contributed by atoms with Crippen LogP contribution in [0.1, 0.15) is 34.3 Å². The van der Waals surface area contributed by atoms with Crippen molar-refractivity contribution in [1.29, 1.82) is 5.41 Å². The summed E-state index contributed by atoms with van der Waals surface area (Å²) in [4.78, 5) is 14.6. The lowest BCUT2D eigenvalue weighted by Gasteiger charge is -2.33. The van der Waals surface area contributed by atoms with Crippen LogP contribution in [0.3, 0.4) is 0 Å². The van der Waals surface area contributed by atoms with Crippen molar-refractivity contribution in [3.05, 3.63) is 70.7 Å². The van der Waals surface area contributed by atoms with E-state index in [1.165, 1.54) is 12.1 Å². The lowest BCUT2D eigenvalue weighted by molar-refractivity contribution is -0.137. The second kappa shape index (κ2) is 10.4. The lowest BCUT2D eigenvalue weighted by Crippen LogP contribution is -2.38. The molecule has 5 N–H and O–H groups in total. The predicted molar refractivity (Wildman–Crippen MR) is 121 cm³/mol. The summed E-state index contributed by atoms with van der Waals surface area (Å²) in [6.45, 7) is 0.673. The van der Waals surface area contributed by atoms with Gasteiger partial charge in [-0.2, -0.15) is 13.2 Å². The van der Waals surface area contributed by atoms with Crippen LogP contribution in [-0.2, 0) is 6.18 Å². The molecule has 0 bridgehead atoms. The molecule has 0 unspecified atom stereocenters. The molecular formula is C24H22F4N4O2. The van der Waals surface area contributed by atoms with Crippen molar-refractivity contribution in [3.63, 3.8) is 0 Å². The molecule has 1 heterocycles. The number of carbonyl (C=O) groups is 1. The van der Waals surface area contributed by atoms with Crippen LogP contribution in [0.2, 0.25) is 0 Å². The number of anilines is 2. The standard InChI is InChI=1S/C24H22F4N4O2/c25-20-7-5-15(3-4-16(12-29)13-30)10-19(20)23(34)31-21-11-17(24(26,27)28)6-8-22(21)32-9-1-2-18(33)14-32/h5-8,10-13,18,29,33H,1-2,9,14,30H2,(H,31,34)/t18-/m1/s1. The van der Waals surface area contributed by atoms with Gasteiger partial charge in [0.25, 0.3) is 5.91 Å². The molecule has 1 aliphatic heterocycles. The Labute approximate surface area is 193 Å². The van der Waals surface area contributed by atoms with E-state index in [1.807, 2.05) is 0 Å². The summed E-state index contributed by atoms with van der Waals surface area (Å²) in [6.07, 6.45) is -2.07. The molecule has 2 aromatic carbocycles. The van der Waals surface area contributed by atoms with Gasteiger partial charge in [0.15, 0.2) is 0 Å². The van der Waals surface area contributed by atoms with Crippen molar-refractivity contribution in [3.8, 4) is 11.8 Å². The quantitative estimate of drug-likeness (QED) is 0.307. The number of benzene rings is 2. The Kier molecular flexibility index (Phi) is 7.58. The first-order valence-electron chi connectivity index (χ1n) is 10.3. The minimum absolute atomic E-state index is 0.151. The Balaban J connectivity index is 1.97. The van der Waals surface area contributed by atoms with Crippen molar-refractivity contribution >= 4 is 23.5 Å². The number of nitrogens with one attached hydrogen (secondary N) is 2. The van der Waals surface area contributed by atoms with Gasteiger partial charge in [-0.1, -0.05) is 11.8 Å². The van der Waals surface area contributed by atoms with E-state index >= 15 is 0 Å². The van der Waals surface area contributed by atoms with E-state index in [2.05, 4.69) is 17.2 Å². The third-order valence-electron chi connectivity index (χ3n) is 5.21. The van der Waals surface area contributed by atoms with Crippen LogP contribution in [0.25, 0.3) is 0 Å². The molecule has 0 radical (unpaired) electrons. The molecule has 0 spiro atoms. The number of β-amino-alcohol motifs (C(OH)–C–C–N with tert-alkyl or cyclic N) is 1. The molecule has 1 saturated heterocycles. The van der Waals surface area contributed by atoms with Crippen LogP contribution >= 0.6 is 0 Å². The largest absolute Gasteiger partial charge is 0.416 e. The third-order valence-corrected chi connectivity index (χ3v) is 5.21. The number of halogens is 4. The van der Waals surface area contributed by atoms with Crippen LogP contribution < -0.4 is 16.0 Å². The van der Waals surface area contributed by atoms with Crippen molar-refractivity contribution in [2.45, 2.75) is 25.1 Å². The SMILES string of the molecule is N=CC(C#Cc1ccc(F)c(C(=O)Nc2cc(C(F)(F)F)ccc2N2CCC[C@@H](O)C2)c1)=CN. The number of nitrogens with zero attached hydrogens (tertiary/aromatic N) is 1. The number of hydrogen-bond donors (Lipinski definition) is 4. The number of aliphatic hydroxyl groups is 1. The number of hydrogen-bond acceptors (Lipinski definition) is 5. The number of amides is 1. The molecule has 0 aromatic heterocycles. The van der Waals surface area contributed by atoms with Crippen molar-refractivity contribution in [2.75, 3.05) is 23.3 Å². The van der Waals surface area contributed by atoms with Gasteiger partial charge in [-0.15, -0.1) is 0 Å². The summed E-state index contributed by atoms with van der Waals surface area (Å²) in [7, 11) is 0. The topological polar surface area (TPSA) is 102 Å². The highest BCUT2D eigenvalue weighted by atomic mass is 19.4.